The zero-order chi connectivity index (χ0) is 5.11. The van der Waals surface area contributed by atoms with Crippen molar-refractivity contribution >= 4 is 25.7 Å². The maximum Gasteiger partial charge on any atom is 0.172 e. The molecule has 0 aromatic rings. The second kappa shape index (κ2) is 2.21. The van der Waals surface area contributed by atoms with Gasteiger partial charge in [-0.3, -0.25) is 0 Å². The van der Waals surface area contributed by atoms with Crippen LogP contribution in [-0.4, -0.2) is 5.23 Å². The van der Waals surface area contributed by atoms with Crippen LogP contribution in [0.15, 0.2) is 11.6 Å². The van der Waals surface area contributed by atoms with Crippen LogP contribution >= 0.6 is 20.5 Å². The normalized spacial score (nSPS) is 26.6. The smallest absolute Gasteiger partial charge is 0.172 e. The van der Waals surface area contributed by atoms with Crippen LogP contribution in [0.5, 0.6) is 0 Å². The highest BCUT2D eigenvalue weighted by atomic mass is 33.1. The van der Waals surface area contributed by atoms with Gasteiger partial charge in [-0.15, -0.1) is 0 Å². The summed E-state index contributed by atoms with van der Waals surface area (Å²) in [6, 6.07) is 0. The molecule has 2 nitrogen and oxygen atoms in total. The van der Waals surface area contributed by atoms with Gasteiger partial charge in [-0.1, -0.05) is 0 Å². The summed E-state index contributed by atoms with van der Waals surface area (Å²) in [4.78, 5) is 9.78. The first-order chi connectivity index (χ1) is 3.43. The summed E-state index contributed by atoms with van der Waals surface area (Å²) in [6.07, 6.45) is 1.75. The molecule has 0 spiro atoms. The van der Waals surface area contributed by atoms with E-state index in [2.05, 4.69) is 4.72 Å². The molecule has 0 amide bonds. The van der Waals surface area contributed by atoms with Crippen molar-refractivity contribution in [2.75, 3.05) is 0 Å². The van der Waals surface area contributed by atoms with Gasteiger partial charge >= 0.3 is 0 Å². The van der Waals surface area contributed by atoms with Gasteiger partial charge in [0.05, 0.1) is 0 Å². The third kappa shape index (κ3) is 1.09. The molecule has 1 unspecified atom stereocenters. The molecule has 1 rings (SSSR count). The molecule has 1 aliphatic heterocycles. The fourth-order valence-corrected chi connectivity index (χ4v) is 1.80. The SMILES string of the molecule is O=C=S1C=CNS1. The second-order valence-corrected chi connectivity index (χ2v) is 3.90. The van der Waals surface area contributed by atoms with E-state index in [1.54, 1.807) is 11.6 Å². The Balaban J connectivity index is 2.77. The molecule has 0 radical (unpaired) electrons. The van der Waals surface area contributed by atoms with Crippen molar-refractivity contribution < 1.29 is 4.79 Å². The number of hydrogen-bond donors (Lipinski definition) is 1. The van der Waals surface area contributed by atoms with E-state index in [1.807, 2.05) is 5.23 Å². The van der Waals surface area contributed by atoms with E-state index in [0.29, 0.717) is 0 Å². The Labute approximate surface area is 47.4 Å². The minimum atomic E-state index is -0.315. The zero-order valence-electron chi connectivity index (χ0n) is 3.38. The molecule has 0 saturated carbocycles. The molecule has 1 N–H and O–H groups in total. The Kier molecular flexibility index (Phi) is 1.57. The van der Waals surface area contributed by atoms with Gasteiger partial charge in [0.25, 0.3) is 0 Å². The average Bonchev–Trinajstić information content (AvgIpc) is 2.14. The molecule has 38 valence electrons. The maximum absolute atomic E-state index is 9.78. The van der Waals surface area contributed by atoms with Crippen molar-refractivity contribution in [2.24, 2.45) is 0 Å². The summed E-state index contributed by atoms with van der Waals surface area (Å²) >= 11 is 0. The molecule has 0 fully saturated rings. The molecular weight excluding hydrogens is 130 g/mol. The number of rotatable bonds is 0. The van der Waals surface area contributed by atoms with Gasteiger partial charge in [-0.2, -0.15) is 0 Å². The molecule has 7 heavy (non-hydrogen) atoms. The molecule has 0 bridgehead atoms. The monoisotopic (exact) mass is 133 g/mol. The van der Waals surface area contributed by atoms with Crippen LogP contribution in [0.1, 0.15) is 0 Å². The standard InChI is InChI=1S/C3H3NOS2/c5-3-7-2-1-4-6-7/h1-2,4H. The van der Waals surface area contributed by atoms with Crippen LogP contribution in [0.2, 0.25) is 0 Å². The van der Waals surface area contributed by atoms with Crippen molar-refractivity contribution in [3.63, 3.8) is 0 Å². The number of nitrogens with one attached hydrogen (secondary N) is 1. The summed E-state index contributed by atoms with van der Waals surface area (Å²) in [7, 11) is 1.07. The van der Waals surface area contributed by atoms with Crippen molar-refractivity contribution in [2.45, 2.75) is 0 Å². The Hall–Kier alpha value is -0.180. The van der Waals surface area contributed by atoms with Gasteiger partial charge < -0.3 is 4.72 Å². The number of hydrogen-bond acceptors (Lipinski definition) is 3. The molecule has 1 heterocycles. The Bertz CT molecular complexity index is 147. The maximum atomic E-state index is 9.78. The van der Waals surface area contributed by atoms with E-state index in [4.69, 9.17) is 0 Å². The lowest BCUT2D eigenvalue weighted by Gasteiger charge is -1.80. The Morgan fingerprint density at radius 3 is 3.00 bits per heavy atom. The van der Waals surface area contributed by atoms with Gasteiger partial charge in [0, 0.05) is 32.1 Å². The van der Waals surface area contributed by atoms with Crippen LogP contribution in [0.4, 0.5) is 0 Å². The predicted molar refractivity (Wildman–Crippen MR) is 33.2 cm³/mol. The lowest BCUT2D eigenvalue weighted by molar-refractivity contribution is 0.572. The largest absolute Gasteiger partial charge is 0.327 e. The highest BCUT2D eigenvalue weighted by Gasteiger charge is 1.94. The first kappa shape index (κ1) is 4.97. The van der Waals surface area contributed by atoms with Crippen LogP contribution < -0.4 is 4.72 Å². The summed E-state index contributed by atoms with van der Waals surface area (Å²) in [5, 5.41) is 3.64. The quantitative estimate of drug-likeness (QED) is 0.303. The lowest BCUT2D eigenvalue weighted by atomic mass is 11.1. The molecule has 0 aromatic carbocycles. The molecule has 1 atom stereocenters. The van der Waals surface area contributed by atoms with Gasteiger partial charge in [-0.05, 0) is 0 Å². The third-order valence-corrected chi connectivity index (χ3v) is 2.80. The molecule has 0 aromatic heterocycles. The molecular formula is C3H3NOS2. The fraction of sp³-hybridized carbons (Fsp3) is 0. The first-order valence-corrected chi connectivity index (χ1v) is 4.26. The van der Waals surface area contributed by atoms with Gasteiger partial charge in [0.1, 0.15) is 0 Å². The Morgan fingerprint density at radius 2 is 2.71 bits per heavy atom. The van der Waals surface area contributed by atoms with Crippen LogP contribution in [0.25, 0.3) is 0 Å². The molecule has 4 heteroatoms. The van der Waals surface area contributed by atoms with Crippen LogP contribution in [0.3, 0.4) is 0 Å². The molecule has 0 saturated heterocycles. The highest BCUT2D eigenvalue weighted by Crippen LogP contribution is 2.31. The highest BCUT2D eigenvalue weighted by molar-refractivity contribution is 8.84. The van der Waals surface area contributed by atoms with Crippen molar-refractivity contribution in [3.8, 4) is 0 Å². The summed E-state index contributed by atoms with van der Waals surface area (Å²) in [5.41, 5.74) is 0. The van der Waals surface area contributed by atoms with Gasteiger partial charge in [0.15, 0.2) is 5.23 Å². The van der Waals surface area contributed by atoms with E-state index in [0.717, 1.165) is 0 Å². The lowest BCUT2D eigenvalue weighted by Crippen LogP contribution is -1.76. The molecule has 0 aliphatic carbocycles. The van der Waals surface area contributed by atoms with Gasteiger partial charge in [0.2, 0.25) is 0 Å². The van der Waals surface area contributed by atoms with E-state index in [-0.39, 0.29) is 9.52 Å². The van der Waals surface area contributed by atoms with E-state index >= 15 is 0 Å². The molecule has 1 aliphatic rings. The van der Waals surface area contributed by atoms with Crippen molar-refractivity contribution in [1.29, 1.82) is 0 Å². The first-order valence-electron chi connectivity index (χ1n) is 1.64. The predicted octanol–water partition coefficient (Wildman–Crippen LogP) is 0.960. The summed E-state index contributed by atoms with van der Waals surface area (Å²) in [5.74, 6) is 0. The minimum Gasteiger partial charge on any atom is -0.327 e. The second-order valence-electron chi connectivity index (χ2n) is 0.885. The van der Waals surface area contributed by atoms with Gasteiger partial charge in [-0.25, -0.2) is 4.79 Å². The zero-order valence-corrected chi connectivity index (χ0v) is 5.01. The van der Waals surface area contributed by atoms with Crippen molar-refractivity contribution in [1.82, 2.24) is 4.72 Å². The third-order valence-electron chi connectivity index (χ3n) is 0.480. The van der Waals surface area contributed by atoms with E-state index in [9.17, 15) is 4.79 Å². The summed E-state index contributed by atoms with van der Waals surface area (Å²) in [6.45, 7) is 0. The van der Waals surface area contributed by atoms with E-state index < -0.39 is 0 Å². The van der Waals surface area contributed by atoms with E-state index in [1.165, 1.54) is 11.0 Å². The minimum absolute atomic E-state index is 0.315. The Morgan fingerprint density at radius 1 is 1.86 bits per heavy atom. The van der Waals surface area contributed by atoms with Crippen molar-refractivity contribution in [3.05, 3.63) is 11.6 Å². The van der Waals surface area contributed by atoms with Crippen LogP contribution in [-0.2, 0) is 4.79 Å². The number of carbonyl (C=O) groups excluding carboxylic acids is 1. The fourth-order valence-electron chi connectivity index (χ4n) is 0.242. The average molecular weight is 133 g/mol. The van der Waals surface area contributed by atoms with Crippen LogP contribution in [0, 0.1) is 0 Å². The topological polar surface area (TPSA) is 29.1 Å². The summed E-state index contributed by atoms with van der Waals surface area (Å²) < 4.78 is 2.81.